The van der Waals surface area contributed by atoms with E-state index in [9.17, 15) is 4.79 Å². The number of rotatable bonds is 2. The Bertz CT molecular complexity index is 380. The lowest BCUT2D eigenvalue weighted by molar-refractivity contribution is -0.139. The first-order chi connectivity index (χ1) is 6.44. The molecule has 1 aliphatic carbocycles. The molecule has 0 radical (unpaired) electrons. The molecular weight excluding hydrogens is 248 g/mol. The standard InChI is InChI=1S/C10H11BrO3/c1-10(2)7(8(10)9(12)13)6-3-5(11)4-14-6/h3-4,7-8H,1-2H3,(H,12,13). The smallest absolute Gasteiger partial charge is 0.307 e. The molecule has 0 spiro atoms. The van der Waals surface area contributed by atoms with Gasteiger partial charge < -0.3 is 9.52 Å². The molecule has 0 amide bonds. The molecule has 0 bridgehead atoms. The highest BCUT2D eigenvalue weighted by Crippen LogP contribution is 2.64. The maximum atomic E-state index is 10.9. The molecule has 1 N–H and O–H groups in total. The Morgan fingerprint density at radius 2 is 2.29 bits per heavy atom. The number of hydrogen-bond donors (Lipinski definition) is 1. The molecule has 3 nitrogen and oxygen atoms in total. The fourth-order valence-electron chi connectivity index (χ4n) is 2.12. The SMILES string of the molecule is CC1(C)C(C(=O)O)C1c1cc(Br)co1. The van der Waals surface area contributed by atoms with Crippen LogP contribution < -0.4 is 0 Å². The van der Waals surface area contributed by atoms with E-state index in [1.807, 2.05) is 19.9 Å². The van der Waals surface area contributed by atoms with Crippen molar-refractivity contribution in [1.29, 1.82) is 0 Å². The Hall–Kier alpha value is -0.770. The summed E-state index contributed by atoms with van der Waals surface area (Å²) in [4.78, 5) is 10.9. The lowest BCUT2D eigenvalue weighted by atomic mass is 10.1. The van der Waals surface area contributed by atoms with Gasteiger partial charge in [-0.25, -0.2) is 0 Å². The lowest BCUT2D eigenvalue weighted by Crippen LogP contribution is -2.02. The van der Waals surface area contributed by atoms with Crippen molar-refractivity contribution in [2.24, 2.45) is 11.3 Å². The summed E-state index contributed by atoms with van der Waals surface area (Å²) in [5.41, 5.74) is -0.191. The number of halogens is 1. The Labute approximate surface area is 90.2 Å². The van der Waals surface area contributed by atoms with Crippen LogP contribution in [0.4, 0.5) is 0 Å². The largest absolute Gasteiger partial charge is 0.481 e. The summed E-state index contributed by atoms with van der Waals surface area (Å²) in [6.07, 6.45) is 1.59. The Kier molecular flexibility index (Phi) is 2.00. The van der Waals surface area contributed by atoms with Crippen LogP contribution in [-0.2, 0) is 4.79 Å². The van der Waals surface area contributed by atoms with Gasteiger partial charge >= 0.3 is 5.97 Å². The van der Waals surface area contributed by atoms with Gasteiger partial charge in [0, 0.05) is 5.92 Å². The van der Waals surface area contributed by atoms with E-state index in [0.717, 1.165) is 10.2 Å². The molecule has 2 rings (SSSR count). The number of carboxylic acids is 1. The quantitative estimate of drug-likeness (QED) is 0.888. The molecule has 1 fully saturated rings. The molecule has 4 heteroatoms. The van der Waals surface area contributed by atoms with Gasteiger partial charge in [0.1, 0.15) is 12.0 Å². The number of furan rings is 1. The lowest BCUT2D eigenvalue weighted by Gasteiger charge is -1.97. The number of carboxylic acid groups (broad SMARTS) is 1. The Morgan fingerprint density at radius 3 is 2.64 bits per heavy atom. The van der Waals surface area contributed by atoms with E-state index in [2.05, 4.69) is 15.9 Å². The minimum absolute atomic E-state index is 0.00583. The number of carbonyl (C=O) groups is 1. The molecule has 2 unspecified atom stereocenters. The molecule has 1 saturated carbocycles. The zero-order chi connectivity index (χ0) is 10.5. The predicted octanol–water partition coefficient (Wildman–Crippen LogP) is 2.87. The van der Waals surface area contributed by atoms with Crippen LogP contribution >= 0.6 is 15.9 Å². The fourth-order valence-corrected chi connectivity index (χ4v) is 2.44. The van der Waals surface area contributed by atoms with E-state index in [-0.39, 0.29) is 17.3 Å². The van der Waals surface area contributed by atoms with Crippen LogP contribution in [0.15, 0.2) is 21.2 Å². The van der Waals surface area contributed by atoms with E-state index in [1.165, 1.54) is 0 Å². The van der Waals surface area contributed by atoms with Crippen LogP contribution in [0.5, 0.6) is 0 Å². The summed E-state index contributed by atoms with van der Waals surface area (Å²) in [7, 11) is 0. The van der Waals surface area contributed by atoms with Gasteiger partial charge in [-0.2, -0.15) is 0 Å². The minimum Gasteiger partial charge on any atom is -0.481 e. The second-order valence-electron chi connectivity index (χ2n) is 4.28. The second kappa shape index (κ2) is 2.86. The van der Waals surface area contributed by atoms with Gasteiger partial charge in [-0.1, -0.05) is 13.8 Å². The van der Waals surface area contributed by atoms with Gasteiger partial charge in [-0.3, -0.25) is 4.79 Å². The van der Waals surface area contributed by atoms with Crippen LogP contribution in [0, 0.1) is 11.3 Å². The summed E-state index contributed by atoms with van der Waals surface area (Å²) < 4.78 is 6.15. The average molecular weight is 259 g/mol. The maximum absolute atomic E-state index is 10.9. The van der Waals surface area contributed by atoms with Crippen LogP contribution in [0.25, 0.3) is 0 Å². The highest BCUT2D eigenvalue weighted by Gasteiger charge is 2.64. The molecule has 2 atom stereocenters. The van der Waals surface area contributed by atoms with Gasteiger partial charge in [0.25, 0.3) is 0 Å². The molecule has 0 saturated heterocycles. The Balaban J connectivity index is 2.27. The molecule has 1 heterocycles. The maximum Gasteiger partial charge on any atom is 0.307 e. The molecule has 0 aliphatic heterocycles. The first kappa shape index (κ1) is 9.77. The monoisotopic (exact) mass is 258 g/mol. The van der Waals surface area contributed by atoms with E-state index in [1.54, 1.807) is 6.26 Å². The summed E-state index contributed by atoms with van der Waals surface area (Å²) in [5.74, 6) is -0.298. The molecule has 1 aromatic rings. The molecule has 76 valence electrons. The normalized spacial score (nSPS) is 28.8. The van der Waals surface area contributed by atoms with E-state index < -0.39 is 5.97 Å². The number of aliphatic carboxylic acids is 1. The molecule has 1 aromatic heterocycles. The summed E-state index contributed by atoms with van der Waals surface area (Å²) in [6, 6.07) is 1.84. The van der Waals surface area contributed by atoms with Crippen LogP contribution in [0.2, 0.25) is 0 Å². The van der Waals surface area contributed by atoms with Gasteiger partial charge in [-0.05, 0) is 27.4 Å². The van der Waals surface area contributed by atoms with E-state index >= 15 is 0 Å². The second-order valence-corrected chi connectivity index (χ2v) is 5.20. The summed E-state index contributed by atoms with van der Waals surface area (Å²) in [6.45, 7) is 3.90. The number of hydrogen-bond acceptors (Lipinski definition) is 2. The van der Waals surface area contributed by atoms with Gasteiger partial charge in [-0.15, -0.1) is 0 Å². The highest BCUT2D eigenvalue weighted by molar-refractivity contribution is 9.10. The van der Waals surface area contributed by atoms with Crippen LogP contribution in [0.3, 0.4) is 0 Å². The average Bonchev–Trinajstić information content (AvgIpc) is 2.42. The molecule has 1 aliphatic rings. The van der Waals surface area contributed by atoms with Crippen molar-refractivity contribution >= 4 is 21.9 Å². The van der Waals surface area contributed by atoms with Crippen molar-refractivity contribution in [2.75, 3.05) is 0 Å². The Morgan fingerprint density at radius 1 is 1.64 bits per heavy atom. The molecule has 14 heavy (non-hydrogen) atoms. The predicted molar refractivity (Wildman–Crippen MR) is 54.1 cm³/mol. The van der Waals surface area contributed by atoms with E-state index in [0.29, 0.717) is 0 Å². The van der Waals surface area contributed by atoms with Gasteiger partial charge in [0.2, 0.25) is 0 Å². The third kappa shape index (κ3) is 1.29. The van der Waals surface area contributed by atoms with Crippen LogP contribution in [-0.4, -0.2) is 11.1 Å². The van der Waals surface area contributed by atoms with Crippen molar-refractivity contribution < 1.29 is 14.3 Å². The third-order valence-electron chi connectivity index (χ3n) is 2.99. The van der Waals surface area contributed by atoms with Crippen molar-refractivity contribution in [3.05, 3.63) is 22.6 Å². The van der Waals surface area contributed by atoms with Crippen molar-refractivity contribution in [3.63, 3.8) is 0 Å². The fraction of sp³-hybridized carbons (Fsp3) is 0.500. The minimum atomic E-state index is -0.743. The third-order valence-corrected chi connectivity index (χ3v) is 3.40. The topological polar surface area (TPSA) is 50.4 Å². The van der Waals surface area contributed by atoms with Gasteiger partial charge in [0.05, 0.1) is 10.4 Å². The van der Waals surface area contributed by atoms with Crippen molar-refractivity contribution in [1.82, 2.24) is 0 Å². The molecular formula is C10H11BrO3. The van der Waals surface area contributed by atoms with E-state index in [4.69, 9.17) is 9.52 Å². The van der Waals surface area contributed by atoms with Crippen LogP contribution in [0.1, 0.15) is 25.5 Å². The van der Waals surface area contributed by atoms with Gasteiger partial charge in [0.15, 0.2) is 0 Å². The van der Waals surface area contributed by atoms with Crippen molar-refractivity contribution in [3.8, 4) is 0 Å². The molecule has 0 aromatic carbocycles. The zero-order valence-corrected chi connectivity index (χ0v) is 9.54. The van der Waals surface area contributed by atoms with Crippen molar-refractivity contribution in [2.45, 2.75) is 19.8 Å². The summed E-state index contributed by atoms with van der Waals surface area (Å²) >= 11 is 3.28. The zero-order valence-electron chi connectivity index (χ0n) is 7.95. The summed E-state index contributed by atoms with van der Waals surface area (Å²) in [5, 5.41) is 8.97. The first-order valence-electron chi connectivity index (χ1n) is 4.41. The first-order valence-corrected chi connectivity index (χ1v) is 5.20. The highest BCUT2D eigenvalue weighted by atomic mass is 79.9.